The second-order valence-electron chi connectivity index (χ2n) is 3.15. The highest BCUT2D eigenvalue weighted by Gasteiger charge is 2.03. The fourth-order valence-corrected chi connectivity index (χ4v) is 1.37. The molecular weight excluding hydrogens is 172 g/mol. The third-order valence-corrected chi connectivity index (χ3v) is 2.09. The molecule has 1 aromatic carbocycles. The summed E-state index contributed by atoms with van der Waals surface area (Å²) in [5.41, 5.74) is 2.20. The van der Waals surface area contributed by atoms with Crippen molar-refractivity contribution in [3.63, 3.8) is 0 Å². The van der Waals surface area contributed by atoms with Crippen molar-refractivity contribution in [2.75, 3.05) is 0 Å². The molecule has 1 unspecified atom stereocenters. The summed E-state index contributed by atoms with van der Waals surface area (Å²) in [7, 11) is 0. The fraction of sp³-hybridized carbons (Fsp3) is 0.400. The van der Waals surface area contributed by atoms with E-state index >= 15 is 0 Å². The quantitative estimate of drug-likeness (QED) is 0.749. The lowest BCUT2D eigenvalue weighted by molar-refractivity contribution is 0.195. The van der Waals surface area contributed by atoms with Gasteiger partial charge in [0.15, 0.2) is 0 Å². The Bertz CT molecular complexity index is 269. The Labute approximate surface area is 78.0 Å². The minimum absolute atomic E-state index is 0.329. The number of aliphatic hydroxyl groups excluding tert-OH is 1. The third-order valence-electron chi connectivity index (χ3n) is 1.72. The zero-order chi connectivity index (χ0) is 9.14. The lowest BCUT2D eigenvalue weighted by Crippen LogP contribution is -2.04. The number of aryl methyl sites for hydroxylation is 1. The molecule has 0 aromatic heterocycles. The van der Waals surface area contributed by atoms with Gasteiger partial charge in [0, 0.05) is 5.02 Å². The van der Waals surface area contributed by atoms with Crippen LogP contribution in [0.1, 0.15) is 18.1 Å². The van der Waals surface area contributed by atoms with Crippen LogP contribution in [0.5, 0.6) is 0 Å². The first-order valence-corrected chi connectivity index (χ1v) is 4.40. The van der Waals surface area contributed by atoms with Crippen LogP contribution in [-0.4, -0.2) is 11.2 Å². The summed E-state index contributed by atoms with van der Waals surface area (Å²) >= 11 is 5.93. The number of benzene rings is 1. The van der Waals surface area contributed by atoms with Crippen LogP contribution in [0.3, 0.4) is 0 Å². The number of halogens is 1. The monoisotopic (exact) mass is 184 g/mol. The van der Waals surface area contributed by atoms with E-state index in [9.17, 15) is 0 Å². The van der Waals surface area contributed by atoms with Crippen molar-refractivity contribution in [3.05, 3.63) is 34.3 Å². The van der Waals surface area contributed by atoms with E-state index in [1.807, 2.05) is 25.1 Å². The topological polar surface area (TPSA) is 20.2 Å². The molecule has 66 valence electrons. The molecule has 0 aliphatic rings. The summed E-state index contributed by atoms with van der Waals surface area (Å²) < 4.78 is 0. The van der Waals surface area contributed by atoms with Gasteiger partial charge in [0.25, 0.3) is 0 Å². The van der Waals surface area contributed by atoms with Crippen molar-refractivity contribution in [2.24, 2.45) is 0 Å². The highest BCUT2D eigenvalue weighted by Crippen LogP contribution is 2.18. The Morgan fingerprint density at radius 2 is 2.17 bits per heavy atom. The highest BCUT2D eigenvalue weighted by molar-refractivity contribution is 6.31. The lowest BCUT2D eigenvalue weighted by Gasteiger charge is -2.07. The van der Waals surface area contributed by atoms with Crippen molar-refractivity contribution < 1.29 is 5.11 Å². The van der Waals surface area contributed by atoms with Gasteiger partial charge in [0.1, 0.15) is 0 Å². The summed E-state index contributed by atoms with van der Waals surface area (Å²) in [6.07, 6.45) is 0.296. The van der Waals surface area contributed by atoms with Gasteiger partial charge in [-0.25, -0.2) is 0 Å². The van der Waals surface area contributed by atoms with Gasteiger partial charge in [-0.3, -0.25) is 0 Å². The van der Waals surface area contributed by atoms with Crippen LogP contribution in [0.15, 0.2) is 18.2 Å². The van der Waals surface area contributed by atoms with Crippen LogP contribution in [0.2, 0.25) is 5.02 Å². The highest BCUT2D eigenvalue weighted by atomic mass is 35.5. The Kier molecular flexibility index (Phi) is 3.12. The molecule has 0 aliphatic carbocycles. The summed E-state index contributed by atoms with van der Waals surface area (Å²) in [6.45, 7) is 3.78. The normalized spacial score (nSPS) is 13.0. The van der Waals surface area contributed by atoms with Crippen LogP contribution < -0.4 is 0 Å². The van der Waals surface area contributed by atoms with Crippen LogP contribution in [0.4, 0.5) is 0 Å². The van der Waals surface area contributed by atoms with Gasteiger partial charge in [0.05, 0.1) is 6.10 Å². The van der Waals surface area contributed by atoms with Gasteiger partial charge >= 0.3 is 0 Å². The molecule has 1 aromatic rings. The minimum Gasteiger partial charge on any atom is -0.393 e. The van der Waals surface area contributed by atoms with Crippen molar-refractivity contribution in [2.45, 2.75) is 26.4 Å². The number of hydrogen-bond donors (Lipinski definition) is 1. The standard InChI is InChI=1S/C10H13ClO/c1-7-3-4-10(11)9(5-7)6-8(2)12/h3-5,8,12H,6H2,1-2H3. The van der Waals surface area contributed by atoms with E-state index in [0.29, 0.717) is 6.42 Å². The van der Waals surface area contributed by atoms with Gasteiger partial charge < -0.3 is 5.11 Å². The molecular formula is C10H13ClO. The largest absolute Gasteiger partial charge is 0.393 e. The number of aliphatic hydroxyl groups is 1. The Balaban J connectivity index is 2.90. The molecule has 1 nitrogen and oxygen atoms in total. The summed E-state index contributed by atoms with van der Waals surface area (Å²) in [5.74, 6) is 0. The Morgan fingerprint density at radius 3 is 2.75 bits per heavy atom. The maximum absolute atomic E-state index is 9.16. The molecule has 0 saturated carbocycles. The molecule has 2 heteroatoms. The maximum atomic E-state index is 9.16. The van der Waals surface area contributed by atoms with E-state index in [2.05, 4.69) is 0 Å². The summed E-state index contributed by atoms with van der Waals surface area (Å²) in [4.78, 5) is 0. The SMILES string of the molecule is Cc1ccc(Cl)c(CC(C)O)c1. The van der Waals surface area contributed by atoms with Crippen molar-refractivity contribution in [3.8, 4) is 0 Å². The smallest absolute Gasteiger partial charge is 0.0552 e. The van der Waals surface area contributed by atoms with Gasteiger partial charge in [-0.1, -0.05) is 29.3 Å². The summed E-state index contributed by atoms with van der Waals surface area (Å²) in [6, 6.07) is 5.84. The predicted molar refractivity (Wildman–Crippen MR) is 51.6 cm³/mol. The maximum Gasteiger partial charge on any atom is 0.0552 e. The van der Waals surface area contributed by atoms with Crippen molar-refractivity contribution in [1.82, 2.24) is 0 Å². The predicted octanol–water partition coefficient (Wildman–Crippen LogP) is 2.57. The lowest BCUT2D eigenvalue weighted by atomic mass is 10.1. The molecule has 1 atom stereocenters. The average Bonchev–Trinajstić information content (AvgIpc) is 1.96. The number of hydrogen-bond acceptors (Lipinski definition) is 1. The summed E-state index contributed by atoms with van der Waals surface area (Å²) in [5, 5.41) is 9.90. The van der Waals surface area contributed by atoms with Gasteiger partial charge in [0.2, 0.25) is 0 Å². The second-order valence-corrected chi connectivity index (χ2v) is 3.56. The molecule has 0 heterocycles. The van der Waals surface area contributed by atoms with E-state index < -0.39 is 0 Å². The van der Waals surface area contributed by atoms with Gasteiger partial charge in [-0.05, 0) is 31.9 Å². The third kappa shape index (κ3) is 2.50. The first kappa shape index (κ1) is 9.56. The molecule has 0 aliphatic heterocycles. The molecule has 0 saturated heterocycles. The second kappa shape index (κ2) is 3.92. The van der Waals surface area contributed by atoms with Crippen LogP contribution in [0, 0.1) is 6.92 Å². The van der Waals surface area contributed by atoms with Crippen LogP contribution >= 0.6 is 11.6 Å². The molecule has 1 rings (SSSR count). The van der Waals surface area contributed by atoms with Crippen LogP contribution in [-0.2, 0) is 6.42 Å². The molecule has 0 fully saturated rings. The molecule has 12 heavy (non-hydrogen) atoms. The Hall–Kier alpha value is -0.530. The first-order chi connectivity index (χ1) is 5.59. The molecule has 0 amide bonds. The molecule has 0 radical (unpaired) electrons. The Morgan fingerprint density at radius 1 is 1.50 bits per heavy atom. The van der Waals surface area contributed by atoms with E-state index in [0.717, 1.165) is 10.6 Å². The van der Waals surface area contributed by atoms with E-state index in [1.165, 1.54) is 5.56 Å². The average molecular weight is 185 g/mol. The molecule has 1 N–H and O–H groups in total. The zero-order valence-electron chi connectivity index (χ0n) is 7.34. The van der Waals surface area contributed by atoms with Crippen molar-refractivity contribution >= 4 is 11.6 Å². The van der Waals surface area contributed by atoms with E-state index in [4.69, 9.17) is 16.7 Å². The number of rotatable bonds is 2. The van der Waals surface area contributed by atoms with Crippen LogP contribution in [0.25, 0.3) is 0 Å². The van der Waals surface area contributed by atoms with E-state index in [-0.39, 0.29) is 6.10 Å². The minimum atomic E-state index is -0.329. The fourth-order valence-electron chi connectivity index (χ4n) is 1.18. The van der Waals surface area contributed by atoms with Crippen molar-refractivity contribution in [1.29, 1.82) is 0 Å². The molecule has 0 spiro atoms. The molecule has 0 bridgehead atoms. The van der Waals surface area contributed by atoms with Gasteiger partial charge in [-0.15, -0.1) is 0 Å². The zero-order valence-corrected chi connectivity index (χ0v) is 8.10. The van der Waals surface area contributed by atoms with Gasteiger partial charge in [-0.2, -0.15) is 0 Å². The van der Waals surface area contributed by atoms with E-state index in [1.54, 1.807) is 6.92 Å². The first-order valence-electron chi connectivity index (χ1n) is 4.02.